The number of rotatable bonds is 5. The van der Waals surface area contributed by atoms with Crippen LogP contribution in [0.1, 0.15) is 21.7 Å². The van der Waals surface area contributed by atoms with E-state index in [9.17, 15) is 0 Å². The Kier molecular flexibility index (Phi) is 4.33. The van der Waals surface area contributed by atoms with Gasteiger partial charge in [0.15, 0.2) is 0 Å². The average molecular weight is 262 g/mol. The highest BCUT2D eigenvalue weighted by molar-refractivity contribution is 7.09. The smallest absolute Gasteiger partial charge is 0.121 e. The highest BCUT2D eigenvalue weighted by Gasteiger charge is 2.02. The van der Waals surface area contributed by atoms with Crippen LogP contribution in [0.25, 0.3) is 0 Å². The molecule has 1 heterocycles. The molecule has 0 unspecified atom stereocenters. The summed E-state index contributed by atoms with van der Waals surface area (Å²) in [5.41, 5.74) is 5.46. The number of hydrogen-bond donors (Lipinski definition) is 1. The van der Waals surface area contributed by atoms with E-state index in [2.05, 4.69) is 29.4 Å². The van der Waals surface area contributed by atoms with Crippen LogP contribution in [-0.4, -0.2) is 12.1 Å². The molecular weight excluding hydrogens is 244 g/mol. The minimum absolute atomic E-state index is 0.863. The van der Waals surface area contributed by atoms with Crippen LogP contribution in [0.4, 0.5) is 0 Å². The molecule has 0 amide bonds. The number of thiazole rings is 1. The summed E-state index contributed by atoms with van der Waals surface area (Å²) < 4.78 is 5.25. The molecule has 0 bridgehead atoms. The summed E-state index contributed by atoms with van der Waals surface area (Å²) in [6, 6.07) is 6.27. The van der Waals surface area contributed by atoms with Crippen molar-refractivity contribution in [3.8, 4) is 5.75 Å². The molecule has 0 spiro atoms. The predicted molar refractivity (Wildman–Crippen MR) is 75.1 cm³/mol. The Balaban J connectivity index is 1.91. The molecule has 3 nitrogen and oxygen atoms in total. The summed E-state index contributed by atoms with van der Waals surface area (Å²) in [7, 11) is 1.70. The largest absolute Gasteiger partial charge is 0.496 e. The summed E-state index contributed by atoms with van der Waals surface area (Å²) >= 11 is 1.70. The first kappa shape index (κ1) is 13.1. The van der Waals surface area contributed by atoms with Crippen molar-refractivity contribution in [1.29, 1.82) is 0 Å². The third kappa shape index (κ3) is 3.09. The minimum Gasteiger partial charge on any atom is -0.496 e. The van der Waals surface area contributed by atoms with E-state index in [-0.39, 0.29) is 0 Å². The van der Waals surface area contributed by atoms with Crippen molar-refractivity contribution < 1.29 is 4.74 Å². The standard InChI is InChI=1S/C14H18N2OS/c1-10-6-12(4-5-13(10)17-3)7-15-8-14-11(2)16-9-18-14/h4-6,9,15H,7-8H2,1-3H3. The molecule has 1 N–H and O–H groups in total. The Labute approximate surface area is 112 Å². The average Bonchev–Trinajstić information content (AvgIpc) is 2.75. The number of aryl methyl sites for hydroxylation is 2. The summed E-state index contributed by atoms with van der Waals surface area (Å²) in [6.45, 7) is 5.85. The lowest BCUT2D eigenvalue weighted by Crippen LogP contribution is -2.12. The van der Waals surface area contributed by atoms with Crippen molar-refractivity contribution in [2.75, 3.05) is 7.11 Å². The van der Waals surface area contributed by atoms with Gasteiger partial charge in [-0.1, -0.05) is 12.1 Å². The second-order valence-corrected chi connectivity index (χ2v) is 5.21. The number of hydrogen-bond acceptors (Lipinski definition) is 4. The van der Waals surface area contributed by atoms with Crippen LogP contribution in [0.5, 0.6) is 5.75 Å². The number of methoxy groups -OCH3 is 1. The molecule has 1 aromatic heterocycles. The van der Waals surface area contributed by atoms with Gasteiger partial charge in [0.05, 0.1) is 18.3 Å². The fourth-order valence-electron chi connectivity index (χ4n) is 1.87. The first-order valence-electron chi connectivity index (χ1n) is 5.94. The van der Waals surface area contributed by atoms with Gasteiger partial charge in [-0.25, -0.2) is 4.98 Å². The lowest BCUT2D eigenvalue weighted by Gasteiger charge is -2.08. The van der Waals surface area contributed by atoms with Crippen molar-refractivity contribution in [3.05, 3.63) is 45.4 Å². The zero-order valence-corrected chi connectivity index (χ0v) is 11.8. The third-order valence-corrected chi connectivity index (χ3v) is 3.85. The van der Waals surface area contributed by atoms with Crippen LogP contribution < -0.4 is 10.1 Å². The number of nitrogens with one attached hydrogen (secondary N) is 1. The van der Waals surface area contributed by atoms with Gasteiger partial charge in [0, 0.05) is 18.0 Å². The maximum Gasteiger partial charge on any atom is 0.121 e. The Morgan fingerprint density at radius 3 is 2.72 bits per heavy atom. The van der Waals surface area contributed by atoms with Gasteiger partial charge in [-0.2, -0.15) is 0 Å². The van der Waals surface area contributed by atoms with E-state index in [0.29, 0.717) is 0 Å². The van der Waals surface area contributed by atoms with Crippen LogP contribution in [0.15, 0.2) is 23.7 Å². The van der Waals surface area contributed by atoms with Crippen LogP contribution in [0.3, 0.4) is 0 Å². The van der Waals surface area contributed by atoms with Gasteiger partial charge in [0.1, 0.15) is 5.75 Å². The molecule has 18 heavy (non-hydrogen) atoms. The van der Waals surface area contributed by atoms with Crippen molar-refractivity contribution in [2.45, 2.75) is 26.9 Å². The van der Waals surface area contributed by atoms with Crippen LogP contribution in [0.2, 0.25) is 0 Å². The molecule has 0 radical (unpaired) electrons. The summed E-state index contributed by atoms with van der Waals surface area (Å²) in [6.07, 6.45) is 0. The van der Waals surface area contributed by atoms with Gasteiger partial charge >= 0.3 is 0 Å². The molecule has 1 aromatic carbocycles. The van der Waals surface area contributed by atoms with Gasteiger partial charge in [-0.05, 0) is 31.0 Å². The Bertz CT molecular complexity index is 522. The Hall–Kier alpha value is -1.39. The zero-order chi connectivity index (χ0) is 13.0. The van der Waals surface area contributed by atoms with Crippen molar-refractivity contribution in [3.63, 3.8) is 0 Å². The first-order chi connectivity index (χ1) is 8.70. The molecule has 0 fully saturated rings. The van der Waals surface area contributed by atoms with Crippen LogP contribution in [-0.2, 0) is 13.1 Å². The summed E-state index contributed by atoms with van der Waals surface area (Å²) in [4.78, 5) is 5.55. The summed E-state index contributed by atoms with van der Waals surface area (Å²) in [5, 5.41) is 3.44. The number of aromatic nitrogens is 1. The first-order valence-corrected chi connectivity index (χ1v) is 6.82. The Morgan fingerprint density at radius 2 is 2.11 bits per heavy atom. The van der Waals surface area contributed by atoms with E-state index < -0.39 is 0 Å². The maximum atomic E-state index is 5.25. The quantitative estimate of drug-likeness (QED) is 0.899. The van der Waals surface area contributed by atoms with E-state index in [4.69, 9.17) is 4.74 Å². The number of benzene rings is 1. The highest BCUT2D eigenvalue weighted by atomic mass is 32.1. The molecule has 0 aliphatic carbocycles. The van der Waals surface area contributed by atoms with Crippen LogP contribution >= 0.6 is 11.3 Å². The van der Waals surface area contributed by atoms with E-state index in [0.717, 1.165) is 24.5 Å². The van der Waals surface area contributed by atoms with Crippen LogP contribution in [0, 0.1) is 13.8 Å². The molecule has 4 heteroatoms. The molecule has 2 aromatic rings. The summed E-state index contributed by atoms with van der Waals surface area (Å²) in [5.74, 6) is 0.942. The zero-order valence-electron chi connectivity index (χ0n) is 11.0. The molecule has 0 aliphatic rings. The second kappa shape index (κ2) is 5.98. The molecule has 0 saturated heterocycles. The van der Waals surface area contributed by atoms with Gasteiger partial charge in [-0.3, -0.25) is 0 Å². The lowest BCUT2D eigenvalue weighted by atomic mass is 10.1. The monoisotopic (exact) mass is 262 g/mol. The molecule has 0 saturated carbocycles. The molecular formula is C14H18N2OS. The predicted octanol–water partition coefficient (Wildman–Crippen LogP) is 3.06. The molecule has 2 rings (SSSR count). The number of ether oxygens (including phenoxy) is 1. The SMILES string of the molecule is COc1ccc(CNCc2scnc2C)cc1C. The normalized spacial score (nSPS) is 10.6. The van der Waals surface area contributed by atoms with Crippen molar-refractivity contribution >= 4 is 11.3 Å². The van der Waals surface area contributed by atoms with Gasteiger partial charge in [0.2, 0.25) is 0 Å². The van der Waals surface area contributed by atoms with Crippen molar-refractivity contribution in [1.82, 2.24) is 10.3 Å². The number of nitrogens with zero attached hydrogens (tertiary/aromatic N) is 1. The second-order valence-electron chi connectivity index (χ2n) is 4.27. The topological polar surface area (TPSA) is 34.1 Å². The third-order valence-electron chi connectivity index (χ3n) is 2.92. The van der Waals surface area contributed by atoms with E-state index in [1.165, 1.54) is 16.0 Å². The molecule has 0 aliphatic heterocycles. The Morgan fingerprint density at radius 1 is 1.28 bits per heavy atom. The minimum atomic E-state index is 0.863. The van der Waals surface area contributed by atoms with Gasteiger partial charge in [0.25, 0.3) is 0 Å². The highest BCUT2D eigenvalue weighted by Crippen LogP contribution is 2.18. The lowest BCUT2D eigenvalue weighted by molar-refractivity contribution is 0.411. The van der Waals surface area contributed by atoms with E-state index >= 15 is 0 Å². The fourth-order valence-corrected chi connectivity index (χ4v) is 2.61. The van der Waals surface area contributed by atoms with Crippen molar-refractivity contribution in [2.24, 2.45) is 0 Å². The molecule has 0 atom stereocenters. The molecule has 96 valence electrons. The van der Waals surface area contributed by atoms with Gasteiger partial charge in [-0.15, -0.1) is 11.3 Å². The van der Waals surface area contributed by atoms with E-state index in [1.807, 2.05) is 18.5 Å². The van der Waals surface area contributed by atoms with Gasteiger partial charge < -0.3 is 10.1 Å². The fraction of sp³-hybridized carbons (Fsp3) is 0.357. The maximum absolute atomic E-state index is 5.25. The van der Waals surface area contributed by atoms with E-state index in [1.54, 1.807) is 18.4 Å².